The number of likely N-dealkylation sites (N-methyl/N-ethyl adjacent to an activating group) is 1. The van der Waals surface area contributed by atoms with Gasteiger partial charge in [-0.1, -0.05) is 25.1 Å². The summed E-state index contributed by atoms with van der Waals surface area (Å²) < 4.78 is 0. The maximum Gasteiger partial charge on any atom is 0.247 e. The molecule has 0 atom stereocenters. The molecule has 1 saturated heterocycles. The largest absolute Gasteiger partial charge is 0.369 e. The highest BCUT2D eigenvalue weighted by Gasteiger charge is 2.16. The van der Waals surface area contributed by atoms with Crippen molar-refractivity contribution in [1.29, 1.82) is 0 Å². The molecule has 1 N–H and O–H groups in total. The number of hydrogen-bond acceptors (Lipinski definition) is 3. The number of hydrogen-bond donors (Lipinski definition) is 1. The number of carbonyl (C=O) groups is 1. The molecule has 0 bridgehead atoms. The first-order valence-corrected chi connectivity index (χ1v) is 7.22. The van der Waals surface area contributed by atoms with Gasteiger partial charge in [0, 0.05) is 31.9 Å². The van der Waals surface area contributed by atoms with E-state index in [1.54, 1.807) is 0 Å². The molecule has 1 aromatic rings. The zero-order valence-corrected chi connectivity index (χ0v) is 12.5. The number of halogens is 1. The van der Waals surface area contributed by atoms with E-state index in [1.165, 1.54) is 6.08 Å². The van der Waals surface area contributed by atoms with E-state index in [1.807, 2.05) is 18.2 Å². The van der Waals surface area contributed by atoms with Gasteiger partial charge in [0.25, 0.3) is 0 Å². The van der Waals surface area contributed by atoms with Gasteiger partial charge in [-0.05, 0) is 30.8 Å². The lowest BCUT2D eigenvalue weighted by atomic mass is 10.2. The van der Waals surface area contributed by atoms with Gasteiger partial charge in [-0.2, -0.15) is 0 Å². The molecule has 1 aliphatic heterocycles. The highest BCUT2D eigenvalue weighted by molar-refractivity contribution is 6.34. The van der Waals surface area contributed by atoms with Crippen molar-refractivity contribution in [1.82, 2.24) is 4.90 Å². The van der Waals surface area contributed by atoms with Crippen LogP contribution in [0.15, 0.2) is 30.9 Å². The summed E-state index contributed by atoms with van der Waals surface area (Å²) in [6, 6.07) is 5.74. The Labute approximate surface area is 125 Å². The van der Waals surface area contributed by atoms with Gasteiger partial charge >= 0.3 is 0 Å². The van der Waals surface area contributed by atoms with Gasteiger partial charge < -0.3 is 15.1 Å². The molecular formula is C15H20ClN3O. The Morgan fingerprint density at radius 1 is 1.40 bits per heavy atom. The van der Waals surface area contributed by atoms with Crippen molar-refractivity contribution < 1.29 is 4.79 Å². The van der Waals surface area contributed by atoms with E-state index in [4.69, 9.17) is 11.6 Å². The fourth-order valence-corrected chi connectivity index (χ4v) is 2.48. The van der Waals surface area contributed by atoms with E-state index >= 15 is 0 Å². The van der Waals surface area contributed by atoms with Gasteiger partial charge in [0.1, 0.15) is 0 Å². The van der Waals surface area contributed by atoms with Crippen LogP contribution in [0, 0.1) is 0 Å². The normalized spacial score (nSPS) is 16.0. The first kappa shape index (κ1) is 14.9. The molecule has 5 heteroatoms. The van der Waals surface area contributed by atoms with Crippen LogP contribution in [-0.2, 0) is 4.79 Å². The molecule has 2 rings (SSSR count). The van der Waals surface area contributed by atoms with E-state index < -0.39 is 0 Å². The molecule has 0 aliphatic carbocycles. The number of anilines is 2. The number of piperazine rings is 1. The highest BCUT2D eigenvalue weighted by atomic mass is 35.5. The Morgan fingerprint density at radius 3 is 2.70 bits per heavy atom. The fourth-order valence-electron chi connectivity index (χ4n) is 2.31. The molecule has 1 heterocycles. The standard InChI is InChI=1S/C15H20ClN3O/c1-3-15(20)17-14-11-12(5-6-13(14)16)19-9-7-18(4-2)8-10-19/h3,5-6,11H,1,4,7-10H2,2H3,(H,17,20). The number of carbonyl (C=O) groups excluding carboxylic acids is 1. The smallest absolute Gasteiger partial charge is 0.247 e. The summed E-state index contributed by atoms with van der Waals surface area (Å²) in [6.07, 6.45) is 1.24. The quantitative estimate of drug-likeness (QED) is 0.867. The van der Waals surface area contributed by atoms with Gasteiger partial charge in [0.05, 0.1) is 10.7 Å². The van der Waals surface area contributed by atoms with Gasteiger partial charge in [-0.3, -0.25) is 4.79 Å². The van der Waals surface area contributed by atoms with Crippen LogP contribution in [0.1, 0.15) is 6.92 Å². The average molecular weight is 294 g/mol. The first-order chi connectivity index (χ1) is 9.63. The van der Waals surface area contributed by atoms with E-state index in [-0.39, 0.29) is 5.91 Å². The summed E-state index contributed by atoms with van der Waals surface area (Å²) in [5, 5.41) is 3.27. The lowest BCUT2D eigenvalue weighted by Crippen LogP contribution is -2.46. The van der Waals surface area contributed by atoms with Crippen LogP contribution in [0.4, 0.5) is 11.4 Å². The van der Waals surface area contributed by atoms with Crippen LogP contribution in [0.2, 0.25) is 5.02 Å². The Hall–Kier alpha value is -1.52. The van der Waals surface area contributed by atoms with Crippen LogP contribution < -0.4 is 10.2 Å². The lowest BCUT2D eigenvalue weighted by Gasteiger charge is -2.35. The summed E-state index contributed by atoms with van der Waals surface area (Å²) >= 11 is 6.11. The Morgan fingerprint density at radius 2 is 2.10 bits per heavy atom. The van der Waals surface area contributed by atoms with Crippen LogP contribution in [0.5, 0.6) is 0 Å². The predicted octanol–water partition coefficient (Wildman–Crippen LogP) is 2.61. The molecular weight excluding hydrogens is 274 g/mol. The molecule has 1 amide bonds. The molecule has 0 aromatic heterocycles. The monoisotopic (exact) mass is 293 g/mol. The van der Waals surface area contributed by atoms with Crippen molar-refractivity contribution in [3.8, 4) is 0 Å². The predicted molar refractivity (Wildman–Crippen MR) is 84.6 cm³/mol. The second-order valence-corrected chi connectivity index (χ2v) is 5.19. The number of nitrogens with one attached hydrogen (secondary N) is 1. The van der Waals surface area contributed by atoms with Crippen LogP contribution in [0.25, 0.3) is 0 Å². The van der Waals surface area contributed by atoms with Gasteiger partial charge in [0.2, 0.25) is 5.91 Å². The molecule has 108 valence electrons. The molecule has 0 saturated carbocycles. The Kier molecular flexibility index (Phi) is 5.04. The third-order valence-corrected chi connectivity index (χ3v) is 3.91. The first-order valence-electron chi connectivity index (χ1n) is 6.84. The number of benzene rings is 1. The molecule has 1 aliphatic rings. The highest BCUT2D eigenvalue weighted by Crippen LogP contribution is 2.28. The van der Waals surface area contributed by atoms with Gasteiger partial charge in [-0.15, -0.1) is 0 Å². The summed E-state index contributed by atoms with van der Waals surface area (Å²) in [6.45, 7) is 10.8. The Balaban J connectivity index is 2.11. The summed E-state index contributed by atoms with van der Waals surface area (Å²) in [7, 11) is 0. The second kappa shape index (κ2) is 6.77. The average Bonchev–Trinajstić information content (AvgIpc) is 2.49. The molecule has 0 unspecified atom stereocenters. The van der Waals surface area contributed by atoms with Crippen molar-refractivity contribution in [2.24, 2.45) is 0 Å². The molecule has 20 heavy (non-hydrogen) atoms. The van der Waals surface area contributed by atoms with E-state index in [0.29, 0.717) is 10.7 Å². The van der Waals surface area contributed by atoms with Crippen molar-refractivity contribution >= 4 is 28.9 Å². The second-order valence-electron chi connectivity index (χ2n) is 4.78. The van der Waals surface area contributed by atoms with Crippen LogP contribution in [-0.4, -0.2) is 43.5 Å². The zero-order valence-electron chi connectivity index (χ0n) is 11.7. The third-order valence-electron chi connectivity index (χ3n) is 3.58. The minimum absolute atomic E-state index is 0.250. The fraction of sp³-hybridized carbons (Fsp3) is 0.400. The van der Waals surface area contributed by atoms with Crippen LogP contribution >= 0.6 is 11.6 Å². The van der Waals surface area contributed by atoms with Crippen molar-refractivity contribution in [3.05, 3.63) is 35.9 Å². The molecule has 1 fully saturated rings. The molecule has 4 nitrogen and oxygen atoms in total. The van der Waals surface area contributed by atoms with E-state index in [2.05, 4.69) is 28.6 Å². The van der Waals surface area contributed by atoms with Gasteiger partial charge in [0.15, 0.2) is 0 Å². The minimum Gasteiger partial charge on any atom is -0.369 e. The van der Waals surface area contributed by atoms with Crippen molar-refractivity contribution in [3.63, 3.8) is 0 Å². The molecule has 0 spiro atoms. The molecule has 1 aromatic carbocycles. The Bertz CT molecular complexity index is 496. The van der Waals surface area contributed by atoms with E-state index in [0.717, 1.165) is 38.4 Å². The van der Waals surface area contributed by atoms with Crippen molar-refractivity contribution in [2.45, 2.75) is 6.92 Å². The number of rotatable bonds is 4. The zero-order chi connectivity index (χ0) is 14.5. The maximum absolute atomic E-state index is 11.4. The molecule has 0 radical (unpaired) electrons. The minimum atomic E-state index is -0.250. The summed E-state index contributed by atoms with van der Waals surface area (Å²) in [4.78, 5) is 16.1. The summed E-state index contributed by atoms with van der Waals surface area (Å²) in [5.74, 6) is -0.250. The van der Waals surface area contributed by atoms with Gasteiger partial charge in [-0.25, -0.2) is 0 Å². The van der Waals surface area contributed by atoms with Crippen LogP contribution in [0.3, 0.4) is 0 Å². The van der Waals surface area contributed by atoms with Crippen molar-refractivity contribution in [2.75, 3.05) is 42.9 Å². The summed E-state index contributed by atoms with van der Waals surface area (Å²) in [5.41, 5.74) is 1.72. The third kappa shape index (κ3) is 3.52. The lowest BCUT2D eigenvalue weighted by molar-refractivity contribution is -0.111. The number of nitrogens with zero attached hydrogens (tertiary/aromatic N) is 2. The number of amides is 1. The topological polar surface area (TPSA) is 35.6 Å². The van der Waals surface area contributed by atoms with E-state index in [9.17, 15) is 4.79 Å². The SMILES string of the molecule is C=CC(=O)Nc1cc(N2CCN(CC)CC2)ccc1Cl. The maximum atomic E-state index is 11.4.